The summed E-state index contributed by atoms with van der Waals surface area (Å²) < 4.78 is 5.30. The molecule has 0 radical (unpaired) electrons. The molecule has 7 nitrogen and oxygen atoms in total. The number of phenols is 1. The highest BCUT2D eigenvalue weighted by Gasteiger charge is 2.23. The van der Waals surface area contributed by atoms with Crippen molar-refractivity contribution in [1.82, 2.24) is 4.90 Å². The van der Waals surface area contributed by atoms with E-state index in [0.29, 0.717) is 12.5 Å². The Labute approximate surface area is 128 Å². The molecule has 0 bridgehead atoms. The number of amides is 1. The van der Waals surface area contributed by atoms with Crippen LogP contribution in [0.25, 0.3) is 0 Å². The Bertz CT molecular complexity index is 555. The average molecular weight is 308 g/mol. The van der Waals surface area contributed by atoms with Gasteiger partial charge in [0.15, 0.2) is 0 Å². The van der Waals surface area contributed by atoms with Crippen LogP contribution >= 0.6 is 0 Å². The Hall–Kier alpha value is -2.15. The van der Waals surface area contributed by atoms with Gasteiger partial charge in [-0.15, -0.1) is 0 Å². The third-order valence-electron chi connectivity index (χ3n) is 4.00. The Balaban J connectivity index is 2.01. The van der Waals surface area contributed by atoms with Gasteiger partial charge in [0.1, 0.15) is 0 Å². The predicted molar refractivity (Wildman–Crippen MR) is 79.9 cm³/mol. The Morgan fingerprint density at radius 1 is 1.45 bits per heavy atom. The number of carbonyl (C=O) groups excluding carboxylic acids is 1. The maximum atomic E-state index is 12.3. The van der Waals surface area contributed by atoms with Gasteiger partial charge < -0.3 is 14.7 Å². The van der Waals surface area contributed by atoms with Gasteiger partial charge in [0.05, 0.1) is 10.5 Å². The van der Waals surface area contributed by atoms with Crippen LogP contribution in [0.15, 0.2) is 18.2 Å². The minimum Gasteiger partial charge on any atom is -0.502 e. The van der Waals surface area contributed by atoms with Crippen LogP contribution in [0.1, 0.15) is 29.6 Å². The van der Waals surface area contributed by atoms with Crippen molar-refractivity contribution in [1.29, 1.82) is 0 Å². The third-order valence-corrected chi connectivity index (χ3v) is 4.00. The first kappa shape index (κ1) is 16.2. The van der Waals surface area contributed by atoms with Crippen LogP contribution in [0.5, 0.6) is 5.75 Å². The summed E-state index contributed by atoms with van der Waals surface area (Å²) in [6, 6.07) is 3.97. The summed E-state index contributed by atoms with van der Waals surface area (Å²) in [4.78, 5) is 23.9. The molecule has 1 amide bonds. The number of aromatic hydroxyl groups is 1. The monoisotopic (exact) mass is 308 g/mol. The first-order chi connectivity index (χ1) is 10.5. The highest BCUT2D eigenvalue weighted by Crippen LogP contribution is 2.30. The summed E-state index contributed by atoms with van der Waals surface area (Å²) in [5, 5.41) is 20.7. The number of nitro groups is 1. The molecule has 0 saturated carbocycles. The molecule has 2 rings (SSSR count). The summed E-state index contributed by atoms with van der Waals surface area (Å²) in [7, 11) is 1.64. The molecule has 0 spiro atoms. The van der Waals surface area contributed by atoms with Crippen molar-refractivity contribution < 1.29 is 19.6 Å². The zero-order valence-corrected chi connectivity index (χ0v) is 12.5. The van der Waals surface area contributed by atoms with Crippen molar-refractivity contribution in [2.45, 2.75) is 19.3 Å². The van der Waals surface area contributed by atoms with Gasteiger partial charge in [-0.2, -0.15) is 0 Å². The molecule has 22 heavy (non-hydrogen) atoms. The lowest BCUT2D eigenvalue weighted by Gasteiger charge is -2.25. The number of carbonyl (C=O) groups is 1. The van der Waals surface area contributed by atoms with E-state index in [1.54, 1.807) is 7.05 Å². The molecule has 1 saturated heterocycles. The minimum atomic E-state index is -0.700. The number of ether oxygens (including phenoxy) is 1. The molecular formula is C15H20N2O5. The van der Waals surface area contributed by atoms with Crippen LogP contribution in [0.3, 0.4) is 0 Å². The summed E-state index contributed by atoms with van der Waals surface area (Å²) >= 11 is 0. The fraction of sp³-hybridized carbons (Fsp3) is 0.533. The number of phenolic OH excluding ortho intramolecular Hbond substituents is 1. The summed E-state index contributed by atoms with van der Waals surface area (Å²) in [5.74, 6) is -0.452. The van der Waals surface area contributed by atoms with Crippen LogP contribution in [0.4, 0.5) is 5.69 Å². The predicted octanol–water partition coefficient (Wildman–Crippen LogP) is 2.19. The van der Waals surface area contributed by atoms with E-state index < -0.39 is 22.3 Å². The summed E-state index contributed by atoms with van der Waals surface area (Å²) in [6.07, 6.45) is 2.84. The molecule has 1 aromatic rings. The van der Waals surface area contributed by atoms with Gasteiger partial charge in [-0.1, -0.05) is 6.07 Å². The van der Waals surface area contributed by atoms with Gasteiger partial charge in [0.25, 0.3) is 5.91 Å². The topological polar surface area (TPSA) is 92.9 Å². The highest BCUT2D eigenvalue weighted by molar-refractivity contribution is 5.97. The van der Waals surface area contributed by atoms with Crippen molar-refractivity contribution in [3.63, 3.8) is 0 Å². The van der Waals surface area contributed by atoms with E-state index in [-0.39, 0.29) is 5.56 Å². The number of rotatable bonds is 5. The first-order valence-electron chi connectivity index (χ1n) is 7.30. The molecule has 7 heteroatoms. The fourth-order valence-electron chi connectivity index (χ4n) is 2.57. The molecule has 0 aromatic heterocycles. The molecule has 1 aliphatic rings. The van der Waals surface area contributed by atoms with E-state index in [1.807, 2.05) is 0 Å². The first-order valence-corrected chi connectivity index (χ1v) is 7.30. The molecule has 1 aromatic carbocycles. The minimum absolute atomic E-state index is 0.0383. The Morgan fingerprint density at radius 2 is 2.14 bits per heavy atom. The van der Waals surface area contributed by atoms with Gasteiger partial charge in [-0.3, -0.25) is 14.9 Å². The van der Waals surface area contributed by atoms with Gasteiger partial charge >= 0.3 is 5.69 Å². The molecular weight excluding hydrogens is 288 g/mol. The van der Waals surface area contributed by atoms with Crippen molar-refractivity contribution >= 4 is 11.6 Å². The quantitative estimate of drug-likeness (QED) is 0.665. The largest absolute Gasteiger partial charge is 0.502 e. The Kier molecular flexibility index (Phi) is 5.32. The van der Waals surface area contributed by atoms with Crippen molar-refractivity contribution in [2.24, 2.45) is 5.92 Å². The normalized spacial score (nSPS) is 15.5. The zero-order chi connectivity index (χ0) is 16.1. The zero-order valence-electron chi connectivity index (χ0n) is 12.5. The van der Waals surface area contributed by atoms with Crippen molar-refractivity contribution in [3.05, 3.63) is 33.9 Å². The molecule has 1 fully saturated rings. The average Bonchev–Trinajstić information content (AvgIpc) is 2.53. The fourth-order valence-corrected chi connectivity index (χ4v) is 2.57. The van der Waals surface area contributed by atoms with Crippen LogP contribution in [0, 0.1) is 16.0 Å². The molecule has 1 aliphatic heterocycles. The van der Waals surface area contributed by atoms with E-state index in [1.165, 1.54) is 23.1 Å². The highest BCUT2D eigenvalue weighted by atomic mass is 16.6. The number of para-hydroxylation sites is 1. The van der Waals surface area contributed by atoms with Gasteiger partial charge in [0, 0.05) is 32.9 Å². The van der Waals surface area contributed by atoms with Crippen LogP contribution in [-0.2, 0) is 4.74 Å². The van der Waals surface area contributed by atoms with E-state index in [4.69, 9.17) is 4.74 Å². The lowest BCUT2D eigenvalue weighted by Crippen LogP contribution is -2.30. The molecule has 0 aliphatic carbocycles. The number of benzene rings is 1. The van der Waals surface area contributed by atoms with E-state index >= 15 is 0 Å². The lowest BCUT2D eigenvalue weighted by molar-refractivity contribution is -0.385. The van der Waals surface area contributed by atoms with E-state index in [2.05, 4.69) is 0 Å². The molecule has 1 N–H and O–H groups in total. The van der Waals surface area contributed by atoms with Crippen molar-refractivity contribution in [2.75, 3.05) is 26.8 Å². The van der Waals surface area contributed by atoms with Gasteiger partial charge in [-0.05, 0) is 31.2 Å². The summed E-state index contributed by atoms with van der Waals surface area (Å²) in [5.41, 5.74) is -0.493. The maximum absolute atomic E-state index is 12.3. The standard InChI is InChI=1S/C15H20N2O5/c1-16(8-5-11-6-9-22-10-7-11)15(19)12-3-2-4-13(14(12)18)17(20)21/h2-4,11,18H,5-10H2,1H3. The molecule has 0 atom stereocenters. The molecule has 1 heterocycles. The van der Waals surface area contributed by atoms with Crippen LogP contribution < -0.4 is 0 Å². The third kappa shape index (κ3) is 3.73. The smallest absolute Gasteiger partial charge is 0.311 e. The number of nitrogens with zero attached hydrogens (tertiary/aromatic N) is 2. The van der Waals surface area contributed by atoms with Crippen molar-refractivity contribution in [3.8, 4) is 5.75 Å². The maximum Gasteiger partial charge on any atom is 0.311 e. The van der Waals surface area contributed by atoms with Crippen LogP contribution in [0.2, 0.25) is 0 Å². The summed E-state index contributed by atoms with van der Waals surface area (Å²) in [6.45, 7) is 2.06. The molecule has 0 unspecified atom stereocenters. The second-order valence-electron chi connectivity index (χ2n) is 5.50. The second-order valence-corrected chi connectivity index (χ2v) is 5.50. The lowest BCUT2D eigenvalue weighted by atomic mass is 9.96. The Morgan fingerprint density at radius 3 is 2.77 bits per heavy atom. The second kappa shape index (κ2) is 7.22. The number of hydrogen-bond acceptors (Lipinski definition) is 5. The number of hydrogen-bond donors (Lipinski definition) is 1. The molecule has 120 valence electrons. The van der Waals surface area contributed by atoms with E-state index in [9.17, 15) is 20.0 Å². The van der Waals surface area contributed by atoms with Gasteiger partial charge in [0.2, 0.25) is 5.75 Å². The van der Waals surface area contributed by atoms with E-state index in [0.717, 1.165) is 32.5 Å². The SMILES string of the molecule is CN(CCC1CCOCC1)C(=O)c1cccc([N+](=O)[O-])c1O. The number of nitro benzene ring substituents is 1. The van der Waals surface area contributed by atoms with Gasteiger partial charge in [-0.25, -0.2) is 0 Å². The van der Waals surface area contributed by atoms with Crippen LogP contribution in [-0.4, -0.2) is 47.6 Å².